The Labute approximate surface area is 68.1 Å². The summed E-state index contributed by atoms with van der Waals surface area (Å²) in [5.74, 6) is 1.15. The predicted octanol–water partition coefficient (Wildman–Crippen LogP) is 0.654. The van der Waals surface area contributed by atoms with E-state index in [-0.39, 0.29) is 0 Å². The van der Waals surface area contributed by atoms with Crippen LogP contribution >= 0.6 is 0 Å². The van der Waals surface area contributed by atoms with Crippen molar-refractivity contribution in [2.75, 3.05) is 19.6 Å². The van der Waals surface area contributed by atoms with Gasteiger partial charge in [-0.1, -0.05) is 6.92 Å². The Morgan fingerprint density at radius 1 is 1.55 bits per heavy atom. The molecule has 0 radical (unpaired) electrons. The fourth-order valence-electron chi connectivity index (χ4n) is 1.46. The minimum absolute atomic E-state index is 0.291. The van der Waals surface area contributed by atoms with Crippen LogP contribution in [-0.4, -0.2) is 30.4 Å². The van der Waals surface area contributed by atoms with E-state index in [1.165, 1.54) is 12.8 Å². The third-order valence-corrected chi connectivity index (χ3v) is 2.27. The minimum atomic E-state index is 0.291. The average molecular weight is 155 g/mol. The highest BCUT2D eigenvalue weighted by molar-refractivity contribution is 5.78. The SMILES string of the molecule is CC1CCN(CC(=N)N)CC1. The first-order chi connectivity index (χ1) is 5.18. The van der Waals surface area contributed by atoms with Crippen LogP contribution in [0.4, 0.5) is 0 Å². The fourth-order valence-corrected chi connectivity index (χ4v) is 1.46. The second-order valence-electron chi connectivity index (χ2n) is 3.48. The Morgan fingerprint density at radius 2 is 2.09 bits per heavy atom. The van der Waals surface area contributed by atoms with Gasteiger partial charge in [-0.3, -0.25) is 10.3 Å². The molecule has 0 aliphatic carbocycles. The topological polar surface area (TPSA) is 53.1 Å². The molecule has 1 aliphatic rings. The van der Waals surface area contributed by atoms with Crippen molar-refractivity contribution in [2.24, 2.45) is 11.7 Å². The molecule has 1 heterocycles. The van der Waals surface area contributed by atoms with Gasteiger partial charge in [0.05, 0.1) is 6.54 Å². The van der Waals surface area contributed by atoms with E-state index in [1.54, 1.807) is 0 Å². The van der Waals surface area contributed by atoms with Gasteiger partial charge in [0.25, 0.3) is 0 Å². The number of nitrogens with two attached hydrogens (primary N) is 1. The van der Waals surface area contributed by atoms with E-state index >= 15 is 0 Å². The molecule has 0 saturated carbocycles. The minimum Gasteiger partial charge on any atom is -0.387 e. The molecule has 0 atom stereocenters. The lowest BCUT2D eigenvalue weighted by molar-refractivity contribution is 0.215. The third kappa shape index (κ3) is 2.89. The summed E-state index contributed by atoms with van der Waals surface area (Å²) >= 11 is 0. The lowest BCUT2D eigenvalue weighted by atomic mass is 9.99. The van der Waals surface area contributed by atoms with Gasteiger partial charge in [0.2, 0.25) is 0 Å². The highest BCUT2D eigenvalue weighted by Crippen LogP contribution is 2.14. The Bertz CT molecular complexity index is 136. The molecular formula is C8H17N3. The van der Waals surface area contributed by atoms with Crippen LogP contribution < -0.4 is 5.73 Å². The number of nitrogens with one attached hydrogen (secondary N) is 1. The molecule has 0 aromatic heterocycles. The van der Waals surface area contributed by atoms with E-state index < -0.39 is 0 Å². The second kappa shape index (κ2) is 3.72. The van der Waals surface area contributed by atoms with Gasteiger partial charge in [0.15, 0.2) is 0 Å². The van der Waals surface area contributed by atoms with E-state index in [2.05, 4.69) is 11.8 Å². The van der Waals surface area contributed by atoms with Gasteiger partial charge in [0.1, 0.15) is 5.84 Å². The maximum absolute atomic E-state index is 7.12. The Balaban J connectivity index is 2.22. The molecule has 0 aromatic carbocycles. The monoisotopic (exact) mass is 155 g/mol. The van der Waals surface area contributed by atoms with Gasteiger partial charge in [-0.15, -0.1) is 0 Å². The Kier molecular flexibility index (Phi) is 2.88. The first kappa shape index (κ1) is 8.53. The smallest absolute Gasteiger partial charge is 0.105 e. The molecule has 3 nitrogen and oxygen atoms in total. The standard InChI is InChI=1S/C8H17N3/c1-7-2-4-11(5-3-7)6-8(9)10/h7H,2-6H2,1H3,(H3,9,10). The lowest BCUT2D eigenvalue weighted by Gasteiger charge is -2.29. The zero-order chi connectivity index (χ0) is 8.27. The van der Waals surface area contributed by atoms with Crippen LogP contribution in [0.3, 0.4) is 0 Å². The van der Waals surface area contributed by atoms with Crippen LogP contribution in [0.5, 0.6) is 0 Å². The summed E-state index contributed by atoms with van der Waals surface area (Å²) in [5.41, 5.74) is 5.30. The summed E-state index contributed by atoms with van der Waals surface area (Å²) in [5, 5.41) is 7.12. The average Bonchev–Trinajstić information content (AvgIpc) is 1.93. The summed E-state index contributed by atoms with van der Waals surface area (Å²) < 4.78 is 0. The number of likely N-dealkylation sites (tertiary alicyclic amines) is 1. The van der Waals surface area contributed by atoms with E-state index in [9.17, 15) is 0 Å². The summed E-state index contributed by atoms with van der Waals surface area (Å²) in [6, 6.07) is 0. The quantitative estimate of drug-likeness (QED) is 0.454. The zero-order valence-electron chi connectivity index (χ0n) is 7.14. The maximum Gasteiger partial charge on any atom is 0.105 e. The number of piperidine rings is 1. The number of hydrogen-bond acceptors (Lipinski definition) is 2. The molecule has 3 N–H and O–H groups in total. The van der Waals surface area contributed by atoms with Crippen molar-refractivity contribution in [2.45, 2.75) is 19.8 Å². The van der Waals surface area contributed by atoms with Crippen molar-refractivity contribution in [1.29, 1.82) is 5.41 Å². The third-order valence-electron chi connectivity index (χ3n) is 2.27. The van der Waals surface area contributed by atoms with E-state index in [0.29, 0.717) is 12.4 Å². The van der Waals surface area contributed by atoms with E-state index in [4.69, 9.17) is 11.1 Å². The largest absolute Gasteiger partial charge is 0.387 e. The van der Waals surface area contributed by atoms with Crippen LogP contribution in [0.15, 0.2) is 0 Å². The number of amidine groups is 1. The van der Waals surface area contributed by atoms with Gasteiger partial charge in [0, 0.05) is 0 Å². The molecule has 64 valence electrons. The molecule has 1 fully saturated rings. The molecule has 0 bridgehead atoms. The van der Waals surface area contributed by atoms with Crippen molar-refractivity contribution >= 4 is 5.84 Å². The van der Waals surface area contributed by atoms with Crippen molar-refractivity contribution in [1.82, 2.24) is 4.90 Å². The van der Waals surface area contributed by atoms with Crippen molar-refractivity contribution < 1.29 is 0 Å². The van der Waals surface area contributed by atoms with Gasteiger partial charge in [-0.25, -0.2) is 0 Å². The van der Waals surface area contributed by atoms with Gasteiger partial charge in [-0.05, 0) is 31.8 Å². The van der Waals surface area contributed by atoms with E-state index in [0.717, 1.165) is 19.0 Å². The molecule has 11 heavy (non-hydrogen) atoms. The van der Waals surface area contributed by atoms with Gasteiger partial charge in [-0.2, -0.15) is 0 Å². The number of nitrogens with zero attached hydrogens (tertiary/aromatic N) is 1. The van der Waals surface area contributed by atoms with Crippen LogP contribution in [0.1, 0.15) is 19.8 Å². The molecule has 0 unspecified atom stereocenters. The van der Waals surface area contributed by atoms with Crippen LogP contribution in [0, 0.1) is 11.3 Å². The predicted molar refractivity (Wildman–Crippen MR) is 46.8 cm³/mol. The molecule has 1 rings (SSSR count). The summed E-state index contributed by atoms with van der Waals surface area (Å²) in [7, 11) is 0. The molecule has 0 aromatic rings. The van der Waals surface area contributed by atoms with Gasteiger partial charge >= 0.3 is 0 Å². The molecule has 3 heteroatoms. The first-order valence-electron chi connectivity index (χ1n) is 4.23. The van der Waals surface area contributed by atoms with Crippen LogP contribution in [-0.2, 0) is 0 Å². The molecular weight excluding hydrogens is 138 g/mol. The first-order valence-corrected chi connectivity index (χ1v) is 4.23. The molecule has 1 aliphatic heterocycles. The Hall–Kier alpha value is -0.570. The second-order valence-corrected chi connectivity index (χ2v) is 3.48. The lowest BCUT2D eigenvalue weighted by Crippen LogP contribution is -2.38. The van der Waals surface area contributed by atoms with Crippen molar-refractivity contribution in [3.05, 3.63) is 0 Å². The Morgan fingerprint density at radius 3 is 2.55 bits per heavy atom. The van der Waals surface area contributed by atoms with Crippen LogP contribution in [0.2, 0.25) is 0 Å². The maximum atomic E-state index is 7.12. The summed E-state index contributed by atoms with van der Waals surface area (Å²) in [6.07, 6.45) is 2.51. The summed E-state index contributed by atoms with van der Waals surface area (Å²) in [6.45, 7) is 5.17. The highest BCUT2D eigenvalue weighted by Gasteiger charge is 2.15. The summed E-state index contributed by atoms with van der Waals surface area (Å²) in [4.78, 5) is 2.25. The zero-order valence-corrected chi connectivity index (χ0v) is 7.14. The molecule has 0 amide bonds. The van der Waals surface area contributed by atoms with Gasteiger partial charge < -0.3 is 5.73 Å². The highest BCUT2D eigenvalue weighted by atomic mass is 15.1. The van der Waals surface area contributed by atoms with Crippen LogP contribution in [0.25, 0.3) is 0 Å². The number of rotatable bonds is 2. The van der Waals surface area contributed by atoms with Crippen molar-refractivity contribution in [3.63, 3.8) is 0 Å². The molecule has 0 spiro atoms. The normalized spacial score (nSPS) is 21.9. The fraction of sp³-hybridized carbons (Fsp3) is 0.875. The molecule has 1 saturated heterocycles. The van der Waals surface area contributed by atoms with E-state index in [1.807, 2.05) is 0 Å². The number of hydrogen-bond donors (Lipinski definition) is 2. The van der Waals surface area contributed by atoms with Crippen molar-refractivity contribution in [3.8, 4) is 0 Å².